The molecule has 0 saturated heterocycles. The third-order valence-corrected chi connectivity index (χ3v) is 9.58. The molecule has 0 amide bonds. The van der Waals surface area contributed by atoms with Crippen LogP contribution in [-0.2, 0) is 6.61 Å². The first kappa shape index (κ1) is 17.8. The average Bonchev–Trinajstić information content (AvgIpc) is 3.46. The smallest absolute Gasteiger partial charge is 0.305 e. The molecule has 1 aliphatic heterocycles. The third-order valence-electron chi connectivity index (χ3n) is 6.95. The van der Waals surface area contributed by atoms with Gasteiger partial charge < -0.3 is 9.72 Å². The first-order chi connectivity index (χ1) is 14.3. The van der Waals surface area contributed by atoms with Crippen LogP contribution in [0.1, 0.15) is 41.2 Å². The minimum Gasteiger partial charge on any atom is -0.489 e. The van der Waals surface area contributed by atoms with Crippen molar-refractivity contribution in [2.75, 3.05) is 0 Å². The molecule has 5 atom stereocenters. The van der Waals surface area contributed by atoms with E-state index in [0.29, 0.717) is 23.7 Å². The summed E-state index contributed by atoms with van der Waals surface area (Å²) < 4.78 is 5.99. The van der Waals surface area contributed by atoms with Crippen LogP contribution in [0.5, 0.6) is 5.75 Å². The summed E-state index contributed by atoms with van der Waals surface area (Å²) in [4.78, 5) is 16.6. The van der Waals surface area contributed by atoms with Gasteiger partial charge in [0.1, 0.15) is 12.4 Å². The topological polar surface area (TPSA) is 42.1 Å². The van der Waals surface area contributed by atoms with Crippen molar-refractivity contribution in [2.24, 2.45) is 17.8 Å². The predicted octanol–water partition coefficient (Wildman–Crippen LogP) is 5.67. The summed E-state index contributed by atoms with van der Waals surface area (Å²) in [7, 11) is 0. The Morgan fingerprint density at radius 3 is 2.62 bits per heavy atom. The number of hydrogen-bond donors (Lipinski definition) is 1. The number of aromatic nitrogens is 1. The van der Waals surface area contributed by atoms with E-state index in [4.69, 9.17) is 4.74 Å². The van der Waals surface area contributed by atoms with Gasteiger partial charge in [-0.05, 0) is 60.3 Å². The highest BCUT2D eigenvalue weighted by atomic mass is 32.2. The molecule has 2 fully saturated rings. The lowest BCUT2D eigenvalue weighted by Crippen LogP contribution is -2.33. The van der Waals surface area contributed by atoms with Gasteiger partial charge in [0.05, 0.1) is 5.03 Å². The first-order valence-electron chi connectivity index (χ1n) is 10.4. The Labute approximate surface area is 178 Å². The number of benzene rings is 2. The number of aromatic amines is 1. The van der Waals surface area contributed by atoms with Gasteiger partial charge >= 0.3 is 4.87 Å². The fourth-order valence-electron chi connectivity index (χ4n) is 5.73. The van der Waals surface area contributed by atoms with Crippen molar-refractivity contribution in [1.82, 2.24) is 4.98 Å². The molecule has 0 radical (unpaired) electrons. The van der Waals surface area contributed by atoms with E-state index >= 15 is 0 Å². The summed E-state index contributed by atoms with van der Waals surface area (Å²) >= 11 is 3.37. The summed E-state index contributed by atoms with van der Waals surface area (Å²) in [5, 5.41) is 1.79. The predicted molar refractivity (Wildman–Crippen MR) is 118 cm³/mol. The summed E-state index contributed by atoms with van der Waals surface area (Å²) in [6, 6.07) is 18.9. The van der Waals surface area contributed by atoms with Crippen molar-refractivity contribution in [3.05, 3.63) is 80.3 Å². The van der Waals surface area contributed by atoms with Crippen LogP contribution in [0, 0.1) is 17.8 Å². The maximum atomic E-state index is 12.1. The highest BCUT2D eigenvalue weighted by Gasteiger charge is 2.54. The van der Waals surface area contributed by atoms with E-state index in [9.17, 15) is 4.79 Å². The van der Waals surface area contributed by atoms with Gasteiger partial charge in [-0.2, -0.15) is 0 Å². The SMILES string of the molecule is O=c1[nH]c2c(s1)[C@H](c1ccc(OCc3ccccc3)cc1)[C@@H]1[C@H]3CC[C@@H](C3)[C@H]1S2. The van der Waals surface area contributed by atoms with Crippen LogP contribution < -0.4 is 9.61 Å². The standard InChI is InChI=1S/C24H23NO2S2/c26-24-25-23-22(29-24)19(20-16-6-7-17(12-16)21(20)28-23)15-8-10-18(11-9-15)27-13-14-4-2-1-3-5-14/h1-5,8-11,16-17,19-21H,6-7,12-13H2,(H,25,26)/t16-,17-,19+,20-,21+/m0/s1. The highest BCUT2D eigenvalue weighted by molar-refractivity contribution is 8.00. The van der Waals surface area contributed by atoms with Gasteiger partial charge in [-0.1, -0.05) is 53.8 Å². The zero-order chi connectivity index (χ0) is 19.4. The number of rotatable bonds is 4. The molecule has 3 nitrogen and oxygen atoms in total. The van der Waals surface area contributed by atoms with Crippen molar-refractivity contribution in [2.45, 2.75) is 42.1 Å². The molecule has 5 heteroatoms. The number of thiazole rings is 1. The molecular formula is C24H23NO2S2. The lowest BCUT2D eigenvalue weighted by Gasteiger charge is -2.40. The summed E-state index contributed by atoms with van der Waals surface area (Å²) in [5.41, 5.74) is 2.50. The molecule has 2 aliphatic carbocycles. The molecule has 2 heterocycles. The molecule has 2 bridgehead atoms. The van der Waals surface area contributed by atoms with E-state index in [1.165, 1.54) is 46.6 Å². The van der Waals surface area contributed by atoms with Crippen molar-refractivity contribution < 1.29 is 4.74 Å². The van der Waals surface area contributed by atoms with E-state index in [1.807, 2.05) is 30.0 Å². The van der Waals surface area contributed by atoms with Crippen LogP contribution in [0.15, 0.2) is 64.4 Å². The van der Waals surface area contributed by atoms with Gasteiger partial charge in [-0.15, -0.1) is 11.8 Å². The molecular weight excluding hydrogens is 398 g/mol. The molecule has 2 saturated carbocycles. The fourth-order valence-corrected chi connectivity index (χ4v) is 8.63. The lowest BCUT2D eigenvalue weighted by molar-refractivity contribution is 0.302. The third kappa shape index (κ3) is 3.06. The second-order valence-corrected chi connectivity index (χ2v) is 10.7. The van der Waals surface area contributed by atoms with Crippen LogP contribution >= 0.6 is 23.1 Å². The number of nitrogens with one attached hydrogen (secondary N) is 1. The largest absolute Gasteiger partial charge is 0.489 e. The normalized spacial score (nSPS) is 29.4. The van der Waals surface area contributed by atoms with E-state index in [2.05, 4.69) is 41.4 Å². The Morgan fingerprint density at radius 2 is 1.79 bits per heavy atom. The minimum atomic E-state index is 0.0858. The number of H-pyrrole nitrogens is 1. The van der Waals surface area contributed by atoms with E-state index < -0.39 is 0 Å². The molecule has 2 aromatic carbocycles. The Hall–Kier alpha value is -1.98. The average molecular weight is 422 g/mol. The zero-order valence-corrected chi connectivity index (χ0v) is 17.7. The van der Waals surface area contributed by atoms with Gasteiger partial charge in [0.15, 0.2) is 0 Å². The van der Waals surface area contributed by atoms with Crippen LogP contribution in [0.4, 0.5) is 0 Å². The molecule has 1 aromatic heterocycles. The summed E-state index contributed by atoms with van der Waals surface area (Å²) in [6.45, 7) is 0.582. The Bertz CT molecular complexity index is 1070. The molecule has 148 valence electrons. The Kier molecular flexibility index (Phi) is 4.35. The number of fused-ring (bicyclic) bond motifs is 6. The van der Waals surface area contributed by atoms with Crippen molar-refractivity contribution in [3.8, 4) is 5.75 Å². The molecule has 0 unspecified atom stereocenters. The van der Waals surface area contributed by atoms with Crippen molar-refractivity contribution in [1.29, 1.82) is 0 Å². The van der Waals surface area contributed by atoms with E-state index in [-0.39, 0.29) is 4.87 Å². The van der Waals surface area contributed by atoms with E-state index in [0.717, 1.165) is 22.6 Å². The Morgan fingerprint density at radius 1 is 1.00 bits per heavy atom. The number of thioether (sulfide) groups is 1. The Balaban J connectivity index is 1.30. The minimum absolute atomic E-state index is 0.0858. The number of hydrogen-bond acceptors (Lipinski definition) is 4. The van der Waals surface area contributed by atoms with Gasteiger partial charge in [-0.3, -0.25) is 4.79 Å². The monoisotopic (exact) mass is 421 g/mol. The second-order valence-electron chi connectivity index (χ2n) is 8.52. The van der Waals surface area contributed by atoms with Gasteiger partial charge in [0.2, 0.25) is 0 Å². The van der Waals surface area contributed by atoms with Crippen molar-refractivity contribution in [3.63, 3.8) is 0 Å². The molecule has 29 heavy (non-hydrogen) atoms. The first-order valence-corrected chi connectivity index (χ1v) is 12.1. The highest BCUT2D eigenvalue weighted by Crippen LogP contribution is 2.63. The molecule has 3 aliphatic rings. The molecule has 6 rings (SSSR count). The van der Waals surface area contributed by atoms with Crippen LogP contribution in [-0.4, -0.2) is 10.2 Å². The second kappa shape index (κ2) is 7.06. The van der Waals surface area contributed by atoms with Crippen molar-refractivity contribution >= 4 is 23.1 Å². The van der Waals surface area contributed by atoms with Crippen LogP contribution in [0.3, 0.4) is 0 Å². The molecule has 3 aromatic rings. The maximum Gasteiger partial charge on any atom is 0.305 e. The zero-order valence-electron chi connectivity index (χ0n) is 16.0. The fraction of sp³-hybridized carbons (Fsp3) is 0.375. The van der Waals surface area contributed by atoms with Gasteiger partial charge in [0, 0.05) is 16.0 Å². The lowest BCUT2D eigenvalue weighted by atomic mass is 9.75. The summed E-state index contributed by atoms with van der Waals surface area (Å²) in [5.74, 6) is 3.53. The van der Waals surface area contributed by atoms with Gasteiger partial charge in [-0.25, -0.2) is 0 Å². The molecule has 1 N–H and O–H groups in total. The van der Waals surface area contributed by atoms with Crippen LogP contribution in [0.2, 0.25) is 0 Å². The quantitative estimate of drug-likeness (QED) is 0.590. The summed E-state index contributed by atoms with van der Waals surface area (Å²) in [6.07, 6.45) is 4.09. The van der Waals surface area contributed by atoms with Crippen LogP contribution in [0.25, 0.3) is 0 Å². The van der Waals surface area contributed by atoms with Gasteiger partial charge in [0.25, 0.3) is 0 Å². The maximum absolute atomic E-state index is 12.1. The molecule has 0 spiro atoms. The number of ether oxygens (including phenoxy) is 1. The van der Waals surface area contributed by atoms with E-state index in [1.54, 1.807) is 0 Å².